The van der Waals surface area contributed by atoms with E-state index in [0.29, 0.717) is 5.71 Å². The lowest BCUT2D eigenvalue weighted by Gasteiger charge is -2.11. The second kappa shape index (κ2) is 10.2. The van der Waals surface area contributed by atoms with Crippen LogP contribution in [0.2, 0.25) is 0 Å². The van der Waals surface area contributed by atoms with E-state index in [2.05, 4.69) is 165 Å². The van der Waals surface area contributed by atoms with Gasteiger partial charge in [0.2, 0.25) is 5.71 Å². The summed E-state index contributed by atoms with van der Waals surface area (Å²) < 4.78 is 13.3. The zero-order valence-electron chi connectivity index (χ0n) is 27.9. The number of furan rings is 1. The first kappa shape index (κ1) is 27.7. The Hall–Kier alpha value is -7.11. The molecule has 5 heteroatoms. The molecule has 0 aliphatic heterocycles. The summed E-state index contributed by atoms with van der Waals surface area (Å²) >= 11 is 0. The average Bonchev–Trinajstić information content (AvgIpc) is 3.93. The Morgan fingerprint density at radius 3 is 1.31 bits per heavy atom. The first-order chi connectivity index (χ1) is 25.8. The highest BCUT2D eigenvalue weighted by molar-refractivity contribution is 6.14. The van der Waals surface area contributed by atoms with Crippen molar-refractivity contribution in [3.05, 3.63) is 170 Å². The number of hydrogen-bond acceptors (Lipinski definition) is 2. The first-order valence-electron chi connectivity index (χ1n) is 17.6. The van der Waals surface area contributed by atoms with E-state index in [0.717, 1.165) is 44.6 Å². The van der Waals surface area contributed by atoms with Crippen molar-refractivity contribution in [3.8, 4) is 17.2 Å². The quantitative estimate of drug-likeness (QED) is 0.189. The molecule has 12 rings (SSSR count). The van der Waals surface area contributed by atoms with Crippen LogP contribution >= 0.6 is 0 Å². The number of aromatic nitrogens is 4. The van der Waals surface area contributed by atoms with Crippen LogP contribution in [-0.4, -0.2) is 18.7 Å². The molecule has 0 aliphatic rings. The van der Waals surface area contributed by atoms with Crippen molar-refractivity contribution in [1.82, 2.24) is 18.7 Å². The highest BCUT2D eigenvalue weighted by Crippen LogP contribution is 2.39. The number of benzene rings is 7. The number of rotatable bonds is 3. The Labute approximate surface area is 296 Å². The van der Waals surface area contributed by atoms with Crippen LogP contribution in [-0.2, 0) is 0 Å². The fourth-order valence-electron chi connectivity index (χ4n) is 8.65. The molecule has 0 fully saturated rings. The summed E-state index contributed by atoms with van der Waals surface area (Å²) in [5, 5.41) is 9.44. The van der Waals surface area contributed by atoms with Gasteiger partial charge in [-0.25, -0.2) is 0 Å². The molecule has 5 heterocycles. The summed E-state index contributed by atoms with van der Waals surface area (Å²) in [5.74, 6) is 0.833. The molecule has 7 aromatic carbocycles. The van der Waals surface area contributed by atoms with E-state index < -0.39 is 0 Å². The maximum Gasteiger partial charge on any atom is 0.229 e. The van der Waals surface area contributed by atoms with E-state index >= 15 is 0 Å². The standard InChI is InChI=1S/C47H28N4O/c1-6-16-39-31(11-1)32-12-2-7-17-40(32)49(39)29-21-24-43-37(27-29)33-13-3-8-18-41(33)50(43)30-22-25-44-38(28-30)34-14-4-9-19-42(34)51(44)46-26-23-36-35-15-5-10-20-45(35)52-47(36)48-46/h1-28H. The molecule has 0 saturated heterocycles. The van der Waals surface area contributed by atoms with Crippen LogP contribution in [0.3, 0.4) is 0 Å². The van der Waals surface area contributed by atoms with Gasteiger partial charge in [-0.3, -0.25) is 4.57 Å². The summed E-state index contributed by atoms with van der Waals surface area (Å²) in [6, 6.07) is 60.8. The maximum atomic E-state index is 6.21. The van der Waals surface area contributed by atoms with Crippen molar-refractivity contribution in [2.24, 2.45) is 0 Å². The van der Waals surface area contributed by atoms with Crippen molar-refractivity contribution >= 4 is 87.5 Å². The number of hydrogen-bond donors (Lipinski definition) is 0. The van der Waals surface area contributed by atoms with E-state index in [-0.39, 0.29) is 0 Å². The lowest BCUT2D eigenvalue weighted by molar-refractivity contribution is 0.653. The van der Waals surface area contributed by atoms with Gasteiger partial charge in [-0.2, -0.15) is 4.98 Å². The minimum atomic E-state index is 0.645. The van der Waals surface area contributed by atoms with Gasteiger partial charge in [-0.1, -0.05) is 91.0 Å². The molecule has 0 amide bonds. The first-order valence-corrected chi connectivity index (χ1v) is 17.6. The molecule has 0 radical (unpaired) electrons. The lowest BCUT2D eigenvalue weighted by Crippen LogP contribution is -1.98. The molecule has 0 spiro atoms. The zero-order valence-corrected chi connectivity index (χ0v) is 27.9. The number of para-hydroxylation sites is 5. The van der Waals surface area contributed by atoms with E-state index in [1.165, 1.54) is 54.4 Å². The highest BCUT2D eigenvalue weighted by Gasteiger charge is 2.19. The Kier molecular flexibility index (Phi) is 5.44. The van der Waals surface area contributed by atoms with Crippen molar-refractivity contribution < 1.29 is 4.42 Å². The average molecular weight is 665 g/mol. The van der Waals surface area contributed by atoms with Crippen molar-refractivity contribution in [1.29, 1.82) is 0 Å². The van der Waals surface area contributed by atoms with Gasteiger partial charge in [0, 0.05) is 54.5 Å². The van der Waals surface area contributed by atoms with Crippen molar-refractivity contribution in [2.75, 3.05) is 0 Å². The largest absolute Gasteiger partial charge is 0.438 e. The van der Waals surface area contributed by atoms with Crippen LogP contribution < -0.4 is 0 Å². The van der Waals surface area contributed by atoms with Crippen molar-refractivity contribution in [3.63, 3.8) is 0 Å². The third-order valence-electron chi connectivity index (χ3n) is 10.9. The Morgan fingerprint density at radius 1 is 0.327 bits per heavy atom. The number of pyridine rings is 1. The molecule has 5 aromatic heterocycles. The smallest absolute Gasteiger partial charge is 0.229 e. The fourth-order valence-corrected chi connectivity index (χ4v) is 8.65. The van der Waals surface area contributed by atoms with Crippen LogP contribution in [0.25, 0.3) is 105 Å². The molecule has 0 bridgehead atoms. The van der Waals surface area contributed by atoms with Gasteiger partial charge in [0.25, 0.3) is 0 Å². The molecule has 0 unspecified atom stereocenters. The van der Waals surface area contributed by atoms with Gasteiger partial charge in [0.1, 0.15) is 11.4 Å². The molecular weight excluding hydrogens is 637 g/mol. The van der Waals surface area contributed by atoms with Gasteiger partial charge in [0.15, 0.2) is 0 Å². The molecule has 0 saturated carbocycles. The van der Waals surface area contributed by atoms with Crippen LogP contribution in [0.5, 0.6) is 0 Å². The third kappa shape index (κ3) is 3.69. The molecular formula is C47H28N4O. The second-order valence-electron chi connectivity index (χ2n) is 13.6. The molecule has 0 atom stereocenters. The SMILES string of the molecule is c1ccc2c(c1)oc1nc(-n3c4ccccc4c4cc(-n5c6ccccc6c6cc(-n7c8ccccc8c8ccccc87)ccc65)ccc43)ccc12. The van der Waals surface area contributed by atoms with E-state index in [1.807, 2.05) is 18.2 Å². The summed E-state index contributed by atoms with van der Waals surface area (Å²) in [4.78, 5) is 5.07. The highest BCUT2D eigenvalue weighted by atomic mass is 16.3. The predicted octanol–water partition coefficient (Wildman–Crippen LogP) is 12.3. The lowest BCUT2D eigenvalue weighted by atomic mass is 10.1. The van der Waals surface area contributed by atoms with Crippen LogP contribution in [0.4, 0.5) is 0 Å². The summed E-state index contributed by atoms with van der Waals surface area (Å²) in [7, 11) is 0. The fraction of sp³-hybridized carbons (Fsp3) is 0. The molecule has 52 heavy (non-hydrogen) atoms. The Bertz CT molecular complexity index is 3370. The second-order valence-corrected chi connectivity index (χ2v) is 13.6. The topological polar surface area (TPSA) is 40.8 Å². The van der Waals surface area contributed by atoms with E-state index in [4.69, 9.17) is 9.40 Å². The van der Waals surface area contributed by atoms with Gasteiger partial charge >= 0.3 is 0 Å². The molecule has 0 N–H and O–H groups in total. The maximum absolute atomic E-state index is 6.21. The number of fused-ring (bicyclic) bond motifs is 12. The summed E-state index contributed by atoms with van der Waals surface area (Å²) in [5.41, 5.74) is 10.7. The summed E-state index contributed by atoms with van der Waals surface area (Å²) in [6.45, 7) is 0. The monoisotopic (exact) mass is 664 g/mol. The Morgan fingerprint density at radius 2 is 0.750 bits per heavy atom. The van der Waals surface area contributed by atoms with Gasteiger partial charge < -0.3 is 13.6 Å². The minimum absolute atomic E-state index is 0.645. The van der Waals surface area contributed by atoms with Gasteiger partial charge in [-0.15, -0.1) is 0 Å². The third-order valence-corrected chi connectivity index (χ3v) is 10.9. The van der Waals surface area contributed by atoms with Crippen LogP contribution in [0.1, 0.15) is 0 Å². The van der Waals surface area contributed by atoms with Gasteiger partial charge in [-0.05, 0) is 78.9 Å². The van der Waals surface area contributed by atoms with Crippen LogP contribution in [0.15, 0.2) is 174 Å². The minimum Gasteiger partial charge on any atom is -0.438 e. The zero-order chi connectivity index (χ0) is 33.9. The Balaban J connectivity index is 1.08. The molecule has 5 nitrogen and oxygen atoms in total. The predicted molar refractivity (Wildman–Crippen MR) is 215 cm³/mol. The number of nitrogens with zero attached hydrogens (tertiary/aromatic N) is 4. The van der Waals surface area contributed by atoms with Gasteiger partial charge in [0.05, 0.1) is 33.1 Å². The van der Waals surface area contributed by atoms with Crippen molar-refractivity contribution in [2.45, 2.75) is 0 Å². The van der Waals surface area contributed by atoms with E-state index in [1.54, 1.807) is 0 Å². The summed E-state index contributed by atoms with van der Waals surface area (Å²) in [6.07, 6.45) is 0. The molecule has 242 valence electrons. The normalized spacial score (nSPS) is 12.2. The van der Waals surface area contributed by atoms with Crippen LogP contribution in [0, 0.1) is 0 Å². The molecule has 0 aliphatic carbocycles. The van der Waals surface area contributed by atoms with E-state index in [9.17, 15) is 0 Å². The molecule has 12 aromatic rings.